The lowest BCUT2D eigenvalue weighted by atomic mass is 10.1. The minimum absolute atomic E-state index is 0.103. The molecule has 0 heterocycles. The summed E-state index contributed by atoms with van der Waals surface area (Å²) in [6.45, 7) is 1.16. The van der Waals surface area contributed by atoms with E-state index < -0.39 is 5.97 Å². The molecule has 0 bridgehead atoms. The van der Waals surface area contributed by atoms with Gasteiger partial charge in [0.1, 0.15) is 0 Å². The Balaban J connectivity index is 2.14. The van der Waals surface area contributed by atoms with Gasteiger partial charge in [-0.3, -0.25) is 0 Å². The quantitative estimate of drug-likeness (QED) is 0.791. The van der Waals surface area contributed by atoms with Gasteiger partial charge in [0.2, 0.25) is 0 Å². The first kappa shape index (κ1) is 13.7. The Morgan fingerprint density at radius 2 is 2.05 bits per heavy atom. The first-order chi connectivity index (χ1) is 9.14. The number of carbonyl (C=O) groups is 1. The van der Waals surface area contributed by atoms with Crippen LogP contribution in [-0.2, 0) is 4.74 Å². The zero-order chi connectivity index (χ0) is 13.9. The van der Waals surface area contributed by atoms with Crippen LogP contribution in [0.3, 0.4) is 0 Å². The summed E-state index contributed by atoms with van der Waals surface area (Å²) in [6.07, 6.45) is 2.17. The Bertz CT molecular complexity index is 469. The van der Waals surface area contributed by atoms with Crippen LogP contribution in [0.15, 0.2) is 18.2 Å². The number of hydrogen-bond donors (Lipinski definition) is 1. The maximum Gasteiger partial charge on any atom is 0.337 e. The Labute approximate surface area is 112 Å². The molecule has 0 radical (unpaired) electrons. The van der Waals surface area contributed by atoms with Gasteiger partial charge in [-0.1, -0.05) is 0 Å². The number of methoxy groups -OCH3 is 2. The number of carbonyl (C=O) groups excluding carboxylic acids is 1. The SMILES string of the molecule is COC(=O)c1ccc(OC)c(OCC2(CN)CC2)c1. The van der Waals surface area contributed by atoms with Gasteiger partial charge in [0.05, 0.1) is 26.4 Å². The fourth-order valence-corrected chi connectivity index (χ4v) is 1.85. The molecule has 0 aromatic heterocycles. The maximum atomic E-state index is 11.5. The van der Waals surface area contributed by atoms with Gasteiger partial charge in [-0.25, -0.2) is 4.79 Å². The monoisotopic (exact) mass is 265 g/mol. The van der Waals surface area contributed by atoms with E-state index in [0.717, 1.165) is 12.8 Å². The van der Waals surface area contributed by atoms with Crippen molar-refractivity contribution in [1.29, 1.82) is 0 Å². The van der Waals surface area contributed by atoms with Crippen LogP contribution in [0.5, 0.6) is 11.5 Å². The standard InChI is InChI=1S/C14H19NO4/c1-17-11-4-3-10(13(16)18-2)7-12(11)19-9-14(8-15)5-6-14/h3-4,7H,5-6,8-9,15H2,1-2H3. The van der Waals surface area contributed by atoms with Crippen LogP contribution >= 0.6 is 0 Å². The van der Waals surface area contributed by atoms with E-state index in [2.05, 4.69) is 4.74 Å². The highest BCUT2D eigenvalue weighted by Crippen LogP contribution is 2.45. The molecule has 5 nitrogen and oxygen atoms in total. The lowest BCUT2D eigenvalue weighted by Crippen LogP contribution is -2.23. The summed E-state index contributed by atoms with van der Waals surface area (Å²) in [7, 11) is 2.91. The number of esters is 1. The number of nitrogens with two attached hydrogens (primary N) is 1. The molecule has 1 aliphatic carbocycles. The van der Waals surface area contributed by atoms with Gasteiger partial charge >= 0.3 is 5.97 Å². The minimum atomic E-state index is -0.396. The number of benzene rings is 1. The summed E-state index contributed by atoms with van der Waals surface area (Å²) in [5, 5.41) is 0. The lowest BCUT2D eigenvalue weighted by Gasteiger charge is -2.16. The van der Waals surface area contributed by atoms with Gasteiger partial charge in [-0.2, -0.15) is 0 Å². The average Bonchev–Trinajstić information content (AvgIpc) is 3.24. The van der Waals surface area contributed by atoms with E-state index in [-0.39, 0.29) is 5.41 Å². The van der Waals surface area contributed by atoms with Crippen LogP contribution in [-0.4, -0.2) is 33.3 Å². The van der Waals surface area contributed by atoms with E-state index in [0.29, 0.717) is 30.2 Å². The van der Waals surface area contributed by atoms with Gasteiger partial charge < -0.3 is 19.9 Å². The molecule has 0 spiro atoms. The molecule has 104 valence electrons. The van der Waals surface area contributed by atoms with E-state index >= 15 is 0 Å². The molecule has 5 heteroatoms. The number of hydrogen-bond acceptors (Lipinski definition) is 5. The van der Waals surface area contributed by atoms with Crippen molar-refractivity contribution < 1.29 is 19.0 Å². The number of rotatable bonds is 6. The highest BCUT2D eigenvalue weighted by molar-refractivity contribution is 5.90. The predicted molar refractivity (Wildman–Crippen MR) is 70.5 cm³/mol. The molecule has 1 aromatic rings. The first-order valence-corrected chi connectivity index (χ1v) is 6.23. The van der Waals surface area contributed by atoms with Gasteiger partial charge in [0, 0.05) is 12.0 Å². The zero-order valence-electron chi connectivity index (χ0n) is 11.3. The molecule has 2 N–H and O–H groups in total. The second-order valence-corrected chi connectivity index (χ2v) is 4.85. The second-order valence-electron chi connectivity index (χ2n) is 4.85. The molecule has 0 unspecified atom stereocenters. The summed E-state index contributed by atoms with van der Waals surface area (Å²) < 4.78 is 15.7. The Morgan fingerprint density at radius 3 is 2.58 bits per heavy atom. The Kier molecular flexibility index (Phi) is 3.95. The minimum Gasteiger partial charge on any atom is -0.493 e. The van der Waals surface area contributed by atoms with E-state index in [9.17, 15) is 4.79 Å². The average molecular weight is 265 g/mol. The zero-order valence-corrected chi connectivity index (χ0v) is 11.3. The van der Waals surface area contributed by atoms with Crippen LogP contribution in [0.1, 0.15) is 23.2 Å². The van der Waals surface area contributed by atoms with Crippen molar-refractivity contribution in [3.8, 4) is 11.5 Å². The third kappa shape index (κ3) is 2.98. The highest BCUT2D eigenvalue weighted by Gasteiger charge is 2.42. The Hall–Kier alpha value is -1.75. The normalized spacial score (nSPS) is 15.7. The van der Waals surface area contributed by atoms with E-state index in [1.807, 2.05) is 0 Å². The molecule has 0 atom stereocenters. The molecule has 1 fully saturated rings. The molecule has 19 heavy (non-hydrogen) atoms. The largest absolute Gasteiger partial charge is 0.493 e. The maximum absolute atomic E-state index is 11.5. The van der Waals surface area contributed by atoms with Crippen molar-refractivity contribution in [2.24, 2.45) is 11.1 Å². The second kappa shape index (κ2) is 5.48. The molecule has 1 aliphatic rings. The van der Waals surface area contributed by atoms with Crippen molar-refractivity contribution in [2.75, 3.05) is 27.4 Å². The van der Waals surface area contributed by atoms with Crippen molar-refractivity contribution in [2.45, 2.75) is 12.8 Å². The molecule has 1 aromatic carbocycles. The van der Waals surface area contributed by atoms with Crippen LogP contribution < -0.4 is 15.2 Å². The van der Waals surface area contributed by atoms with Crippen LogP contribution in [0.25, 0.3) is 0 Å². The fourth-order valence-electron chi connectivity index (χ4n) is 1.85. The van der Waals surface area contributed by atoms with E-state index in [1.165, 1.54) is 7.11 Å². The molecular weight excluding hydrogens is 246 g/mol. The molecule has 2 rings (SSSR count). The van der Waals surface area contributed by atoms with E-state index in [1.54, 1.807) is 25.3 Å². The van der Waals surface area contributed by atoms with E-state index in [4.69, 9.17) is 15.2 Å². The predicted octanol–water partition coefficient (Wildman–Crippen LogP) is 1.60. The summed E-state index contributed by atoms with van der Waals surface area (Å²) in [6, 6.07) is 4.98. The highest BCUT2D eigenvalue weighted by atomic mass is 16.5. The topological polar surface area (TPSA) is 70.8 Å². The van der Waals surface area contributed by atoms with Crippen LogP contribution in [0.4, 0.5) is 0 Å². The lowest BCUT2D eigenvalue weighted by molar-refractivity contribution is 0.0600. The van der Waals surface area contributed by atoms with Crippen molar-refractivity contribution in [3.05, 3.63) is 23.8 Å². The summed E-state index contributed by atoms with van der Waals surface area (Å²) in [5.74, 6) is 0.748. The first-order valence-electron chi connectivity index (χ1n) is 6.23. The van der Waals surface area contributed by atoms with Crippen molar-refractivity contribution >= 4 is 5.97 Å². The van der Waals surface area contributed by atoms with Crippen molar-refractivity contribution in [1.82, 2.24) is 0 Å². The summed E-state index contributed by atoms with van der Waals surface area (Å²) in [5.41, 5.74) is 6.26. The van der Waals surface area contributed by atoms with Gasteiger partial charge in [0.15, 0.2) is 11.5 Å². The molecule has 0 aliphatic heterocycles. The van der Waals surface area contributed by atoms with Crippen molar-refractivity contribution in [3.63, 3.8) is 0 Å². The Morgan fingerprint density at radius 1 is 1.32 bits per heavy atom. The molecule has 0 saturated heterocycles. The third-order valence-corrected chi connectivity index (χ3v) is 3.51. The van der Waals surface area contributed by atoms with Gasteiger partial charge in [0.25, 0.3) is 0 Å². The van der Waals surface area contributed by atoms with Crippen LogP contribution in [0.2, 0.25) is 0 Å². The summed E-state index contributed by atoms with van der Waals surface area (Å²) in [4.78, 5) is 11.5. The van der Waals surface area contributed by atoms with Crippen LogP contribution in [0, 0.1) is 5.41 Å². The number of ether oxygens (including phenoxy) is 3. The fraction of sp³-hybridized carbons (Fsp3) is 0.500. The van der Waals surface area contributed by atoms with Gasteiger partial charge in [-0.05, 0) is 31.0 Å². The summed E-state index contributed by atoms with van der Waals surface area (Å²) >= 11 is 0. The molecular formula is C14H19NO4. The third-order valence-electron chi connectivity index (χ3n) is 3.51. The molecule has 0 amide bonds. The smallest absolute Gasteiger partial charge is 0.337 e. The van der Waals surface area contributed by atoms with Gasteiger partial charge in [-0.15, -0.1) is 0 Å². The molecule has 1 saturated carbocycles.